The molecule has 1 aromatic rings. The summed E-state index contributed by atoms with van der Waals surface area (Å²) < 4.78 is 10.0. The number of hydrogen-bond donors (Lipinski definition) is 0. The van der Waals surface area contributed by atoms with Gasteiger partial charge in [0.2, 0.25) is 0 Å². The standard InChI is InChI=1S/C14H20O3S/c1-12(14(15)17-10-6-9-16-2)18-11-13-7-4-3-5-8-13/h3-5,7-8,12H,6,9-11H2,1-2H3. The van der Waals surface area contributed by atoms with Gasteiger partial charge in [-0.2, -0.15) is 0 Å². The Morgan fingerprint density at radius 3 is 2.67 bits per heavy atom. The van der Waals surface area contributed by atoms with E-state index in [1.165, 1.54) is 5.56 Å². The van der Waals surface area contributed by atoms with Crippen molar-refractivity contribution in [3.05, 3.63) is 35.9 Å². The molecule has 3 nitrogen and oxygen atoms in total. The van der Waals surface area contributed by atoms with Crippen LogP contribution in [-0.4, -0.2) is 31.5 Å². The molecule has 0 saturated carbocycles. The second kappa shape index (κ2) is 9.00. The van der Waals surface area contributed by atoms with Crippen molar-refractivity contribution in [3.8, 4) is 0 Å². The zero-order chi connectivity index (χ0) is 13.2. The Balaban J connectivity index is 2.19. The normalized spacial score (nSPS) is 12.1. The topological polar surface area (TPSA) is 35.5 Å². The van der Waals surface area contributed by atoms with Crippen LogP contribution in [0.2, 0.25) is 0 Å². The first-order chi connectivity index (χ1) is 8.74. The van der Waals surface area contributed by atoms with E-state index in [0.717, 1.165) is 12.2 Å². The third kappa shape index (κ3) is 6.07. The first kappa shape index (κ1) is 15.1. The molecule has 0 heterocycles. The van der Waals surface area contributed by atoms with Crippen molar-refractivity contribution in [2.24, 2.45) is 0 Å². The molecule has 4 heteroatoms. The lowest BCUT2D eigenvalue weighted by Crippen LogP contribution is -2.18. The van der Waals surface area contributed by atoms with Gasteiger partial charge < -0.3 is 9.47 Å². The molecule has 0 N–H and O–H groups in total. The highest BCUT2D eigenvalue weighted by atomic mass is 32.2. The summed E-state index contributed by atoms with van der Waals surface area (Å²) in [5.41, 5.74) is 1.22. The fraction of sp³-hybridized carbons (Fsp3) is 0.500. The second-order valence-corrected chi connectivity index (χ2v) is 5.28. The minimum absolute atomic E-state index is 0.132. The van der Waals surface area contributed by atoms with Crippen molar-refractivity contribution in [2.75, 3.05) is 20.3 Å². The van der Waals surface area contributed by atoms with Crippen molar-refractivity contribution in [1.29, 1.82) is 0 Å². The van der Waals surface area contributed by atoms with Gasteiger partial charge in [0.05, 0.1) is 11.9 Å². The highest BCUT2D eigenvalue weighted by molar-refractivity contribution is 7.99. The van der Waals surface area contributed by atoms with E-state index in [1.807, 2.05) is 25.1 Å². The van der Waals surface area contributed by atoms with E-state index in [4.69, 9.17) is 9.47 Å². The quantitative estimate of drug-likeness (QED) is 0.536. The summed E-state index contributed by atoms with van der Waals surface area (Å²) in [4.78, 5) is 11.6. The van der Waals surface area contributed by atoms with Gasteiger partial charge in [-0.25, -0.2) is 0 Å². The molecule has 1 aromatic carbocycles. The number of carbonyl (C=O) groups excluding carboxylic acids is 1. The number of benzene rings is 1. The molecule has 0 aliphatic carbocycles. The minimum Gasteiger partial charge on any atom is -0.465 e. The average Bonchev–Trinajstić information content (AvgIpc) is 2.42. The number of thioether (sulfide) groups is 1. The van der Waals surface area contributed by atoms with Crippen LogP contribution < -0.4 is 0 Å². The van der Waals surface area contributed by atoms with Gasteiger partial charge in [0.25, 0.3) is 0 Å². The Morgan fingerprint density at radius 2 is 2.00 bits per heavy atom. The van der Waals surface area contributed by atoms with E-state index in [0.29, 0.717) is 13.2 Å². The fourth-order valence-electron chi connectivity index (χ4n) is 1.36. The molecule has 0 bridgehead atoms. The fourth-order valence-corrected chi connectivity index (χ4v) is 2.20. The van der Waals surface area contributed by atoms with Crippen LogP contribution in [0.5, 0.6) is 0 Å². The lowest BCUT2D eigenvalue weighted by atomic mass is 10.2. The van der Waals surface area contributed by atoms with Crippen molar-refractivity contribution in [1.82, 2.24) is 0 Å². The van der Waals surface area contributed by atoms with Crippen LogP contribution >= 0.6 is 11.8 Å². The highest BCUT2D eigenvalue weighted by Gasteiger charge is 2.14. The number of methoxy groups -OCH3 is 1. The number of hydrogen-bond acceptors (Lipinski definition) is 4. The largest absolute Gasteiger partial charge is 0.465 e. The van der Waals surface area contributed by atoms with E-state index in [1.54, 1.807) is 18.9 Å². The zero-order valence-electron chi connectivity index (χ0n) is 10.9. The van der Waals surface area contributed by atoms with Crippen molar-refractivity contribution < 1.29 is 14.3 Å². The Bertz CT molecular complexity index is 340. The van der Waals surface area contributed by atoms with E-state index in [2.05, 4.69) is 12.1 Å². The predicted octanol–water partition coefficient (Wildman–Crippen LogP) is 2.89. The molecule has 1 rings (SSSR count). The lowest BCUT2D eigenvalue weighted by Gasteiger charge is -2.11. The lowest BCUT2D eigenvalue weighted by molar-refractivity contribution is -0.142. The minimum atomic E-state index is -0.146. The molecule has 0 amide bonds. The number of esters is 1. The summed E-state index contributed by atoms with van der Waals surface area (Å²) in [5.74, 6) is 0.682. The molecular weight excluding hydrogens is 248 g/mol. The van der Waals surface area contributed by atoms with Crippen LogP contribution in [0.15, 0.2) is 30.3 Å². The van der Waals surface area contributed by atoms with E-state index < -0.39 is 0 Å². The third-order valence-electron chi connectivity index (χ3n) is 2.41. The van der Waals surface area contributed by atoms with Gasteiger partial charge in [0.15, 0.2) is 0 Å². The van der Waals surface area contributed by atoms with Crippen LogP contribution in [0.1, 0.15) is 18.9 Å². The maximum Gasteiger partial charge on any atom is 0.318 e. The Hall–Kier alpha value is -1.00. The number of ether oxygens (including phenoxy) is 2. The molecule has 0 aromatic heterocycles. The molecule has 0 saturated heterocycles. The summed E-state index contributed by atoms with van der Waals surface area (Å²) in [5, 5.41) is -0.132. The van der Waals surface area contributed by atoms with Crippen LogP contribution in [0.4, 0.5) is 0 Å². The average molecular weight is 268 g/mol. The molecule has 18 heavy (non-hydrogen) atoms. The predicted molar refractivity (Wildman–Crippen MR) is 74.7 cm³/mol. The highest BCUT2D eigenvalue weighted by Crippen LogP contribution is 2.18. The summed E-state index contributed by atoms with van der Waals surface area (Å²) in [6.45, 7) is 2.94. The zero-order valence-corrected chi connectivity index (χ0v) is 11.7. The maximum absolute atomic E-state index is 11.6. The Kier molecular flexibility index (Phi) is 7.53. The van der Waals surface area contributed by atoms with Gasteiger partial charge in [-0.15, -0.1) is 11.8 Å². The van der Waals surface area contributed by atoms with Gasteiger partial charge in [0, 0.05) is 25.9 Å². The third-order valence-corrected chi connectivity index (χ3v) is 3.60. The van der Waals surface area contributed by atoms with Crippen molar-refractivity contribution >= 4 is 17.7 Å². The van der Waals surface area contributed by atoms with E-state index in [-0.39, 0.29) is 11.2 Å². The molecule has 1 atom stereocenters. The summed E-state index contributed by atoms with van der Waals surface area (Å²) >= 11 is 1.60. The van der Waals surface area contributed by atoms with Crippen LogP contribution in [0, 0.1) is 0 Å². The van der Waals surface area contributed by atoms with Gasteiger partial charge in [-0.1, -0.05) is 30.3 Å². The summed E-state index contributed by atoms with van der Waals surface area (Å²) in [6.07, 6.45) is 0.748. The first-order valence-electron chi connectivity index (χ1n) is 6.05. The number of carbonyl (C=O) groups is 1. The first-order valence-corrected chi connectivity index (χ1v) is 7.10. The molecule has 0 aliphatic rings. The molecule has 0 aliphatic heterocycles. The smallest absolute Gasteiger partial charge is 0.318 e. The summed E-state index contributed by atoms with van der Waals surface area (Å²) in [6, 6.07) is 10.1. The Morgan fingerprint density at radius 1 is 1.28 bits per heavy atom. The maximum atomic E-state index is 11.6. The van der Waals surface area contributed by atoms with Gasteiger partial charge in [-0.3, -0.25) is 4.79 Å². The molecule has 0 spiro atoms. The Labute approximate surface area is 113 Å². The van der Waals surface area contributed by atoms with Gasteiger partial charge in [-0.05, 0) is 12.5 Å². The van der Waals surface area contributed by atoms with E-state index >= 15 is 0 Å². The van der Waals surface area contributed by atoms with Gasteiger partial charge in [0.1, 0.15) is 0 Å². The monoisotopic (exact) mass is 268 g/mol. The molecule has 0 fully saturated rings. The summed E-state index contributed by atoms with van der Waals surface area (Å²) in [7, 11) is 1.64. The van der Waals surface area contributed by atoms with Gasteiger partial charge >= 0.3 is 5.97 Å². The molecular formula is C14H20O3S. The van der Waals surface area contributed by atoms with Crippen LogP contribution in [0.3, 0.4) is 0 Å². The number of rotatable bonds is 8. The van der Waals surface area contributed by atoms with Crippen LogP contribution in [-0.2, 0) is 20.0 Å². The van der Waals surface area contributed by atoms with E-state index in [9.17, 15) is 4.79 Å². The SMILES string of the molecule is COCCCOC(=O)C(C)SCc1ccccc1. The van der Waals surface area contributed by atoms with Crippen LogP contribution in [0.25, 0.3) is 0 Å². The van der Waals surface area contributed by atoms with Crippen molar-refractivity contribution in [3.63, 3.8) is 0 Å². The second-order valence-electron chi connectivity index (χ2n) is 3.95. The molecule has 1 unspecified atom stereocenters. The van der Waals surface area contributed by atoms with Crippen molar-refractivity contribution in [2.45, 2.75) is 24.3 Å². The molecule has 0 radical (unpaired) electrons. The molecule has 100 valence electrons.